The number of nitrogens with zero attached hydrogens (tertiary/aromatic N) is 2. The van der Waals surface area contributed by atoms with Crippen molar-refractivity contribution < 1.29 is 14.8 Å². The highest BCUT2D eigenvalue weighted by molar-refractivity contribution is 7.99. The van der Waals surface area contributed by atoms with Crippen LogP contribution in [0, 0.1) is 17.0 Å². The number of carboxylic acids is 1. The maximum Gasteiger partial charge on any atom is 0.305 e. The summed E-state index contributed by atoms with van der Waals surface area (Å²) in [5.41, 5.74) is 1.44. The summed E-state index contributed by atoms with van der Waals surface area (Å²) in [6.07, 6.45) is 0.0507. The Morgan fingerprint density at radius 2 is 2.35 bits per heavy atom. The lowest BCUT2D eigenvalue weighted by molar-refractivity contribution is -0.385. The first-order valence-electron chi connectivity index (χ1n) is 6.31. The number of benzene rings is 1. The van der Waals surface area contributed by atoms with Crippen LogP contribution in [0.5, 0.6) is 0 Å². The van der Waals surface area contributed by atoms with Gasteiger partial charge in [-0.2, -0.15) is 11.8 Å². The number of thioether (sulfide) groups is 1. The minimum Gasteiger partial charge on any atom is -0.481 e. The molecule has 2 rings (SSSR count). The molecule has 20 heavy (non-hydrogen) atoms. The predicted octanol–water partition coefficient (Wildman–Crippen LogP) is 2.30. The quantitative estimate of drug-likeness (QED) is 0.678. The molecule has 0 bridgehead atoms. The van der Waals surface area contributed by atoms with Gasteiger partial charge >= 0.3 is 5.97 Å². The molecule has 1 aliphatic heterocycles. The highest BCUT2D eigenvalue weighted by Crippen LogP contribution is 2.32. The van der Waals surface area contributed by atoms with Gasteiger partial charge in [-0.1, -0.05) is 6.07 Å². The average molecular weight is 296 g/mol. The van der Waals surface area contributed by atoms with Gasteiger partial charge in [-0.05, 0) is 13.0 Å². The number of hydrogen-bond donors (Lipinski definition) is 1. The molecular weight excluding hydrogens is 280 g/mol. The number of hydrogen-bond acceptors (Lipinski definition) is 5. The molecule has 0 spiro atoms. The van der Waals surface area contributed by atoms with E-state index in [0.717, 1.165) is 17.2 Å². The Labute approximate surface area is 120 Å². The Morgan fingerprint density at radius 1 is 1.60 bits per heavy atom. The second-order valence-electron chi connectivity index (χ2n) is 4.70. The molecule has 6 nitrogen and oxygen atoms in total. The van der Waals surface area contributed by atoms with E-state index in [1.807, 2.05) is 11.0 Å². The van der Waals surface area contributed by atoms with Gasteiger partial charge in [-0.15, -0.1) is 0 Å². The summed E-state index contributed by atoms with van der Waals surface area (Å²) in [7, 11) is 0. The van der Waals surface area contributed by atoms with Crippen molar-refractivity contribution >= 4 is 29.1 Å². The summed E-state index contributed by atoms with van der Waals surface area (Å²) >= 11 is 1.72. The molecule has 7 heteroatoms. The fourth-order valence-corrected chi connectivity index (χ4v) is 3.53. The van der Waals surface area contributed by atoms with Gasteiger partial charge in [-0.25, -0.2) is 0 Å². The maximum absolute atomic E-state index is 11.0. The van der Waals surface area contributed by atoms with Crippen LogP contribution in [0.1, 0.15) is 12.0 Å². The van der Waals surface area contributed by atoms with E-state index in [4.69, 9.17) is 5.11 Å². The smallest absolute Gasteiger partial charge is 0.305 e. The Bertz CT molecular complexity index is 535. The highest BCUT2D eigenvalue weighted by Gasteiger charge is 2.28. The topological polar surface area (TPSA) is 83.7 Å². The summed E-state index contributed by atoms with van der Waals surface area (Å²) in [6.45, 7) is 2.43. The van der Waals surface area contributed by atoms with Crippen molar-refractivity contribution in [2.24, 2.45) is 0 Å². The van der Waals surface area contributed by atoms with Crippen molar-refractivity contribution in [3.8, 4) is 0 Å². The largest absolute Gasteiger partial charge is 0.481 e. The zero-order chi connectivity index (χ0) is 14.7. The van der Waals surface area contributed by atoms with E-state index in [1.165, 1.54) is 6.07 Å². The van der Waals surface area contributed by atoms with E-state index < -0.39 is 10.9 Å². The molecule has 1 aromatic rings. The first kappa shape index (κ1) is 14.6. The van der Waals surface area contributed by atoms with Crippen molar-refractivity contribution in [3.05, 3.63) is 33.9 Å². The number of rotatable bonds is 4. The Morgan fingerprint density at radius 3 is 3.00 bits per heavy atom. The monoisotopic (exact) mass is 296 g/mol. The van der Waals surface area contributed by atoms with Gasteiger partial charge in [0.05, 0.1) is 16.9 Å². The van der Waals surface area contributed by atoms with Crippen LogP contribution in [-0.2, 0) is 4.79 Å². The van der Waals surface area contributed by atoms with Crippen molar-refractivity contribution in [3.63, 3.8) is 0 Å². The minimum atomic E-state index is -0.842. The fraction of sp³-hybridized carbons (Fsp3) is 0.462. The zero-order valence-corrected chi connectivity index (χ0v) is 11.9. The molecule has 0 amide bonds. The van der Waals surface area contributed by atoms with Crippen LogP contribution in [0.2, 0.25) is 0 Å². The molecule has 1 saturated heterocycles. The number of anilines is 1. The maximum atomic E-state index is 11.0. The minimum absolute atomic E-state index is 0.0507. The number of nitro benzene ring substituents is 1. The zero-order valence-electron chi connectivity index (χ0n) is 11.1. The summed E-state index contributed by atoms with van der Waals surface area (Å²) in [5.74, 6) is 0.790. The number of carbonyl (C=O) groups is 1. The predicted molar refractivity (Wildman–Crippen MR) is 78.5 cm³/mol. The van der Waals surface area contributed by atoms with Gasteiger partial charge in [0.25, 0.3) is 5.69 Å². The Hall–Kier alpha value is -1.76. The molecular formula is C13H16N2O4S. The lowest BCUT2D eigenvalue weighted by atomic mass is 10.1. The molecule has 0 saturated carbocycles. The van der Waals surface area contributed by atoms with Crippen LogP contribution in [0.15, 0.2) is 18.2 Å². The van der Waals surface area contributed by atoms with Crippen LogP contribution in [0.4, 0.5) is 11.4 Å². The molecule has 1 heterocycles. The number of aliphatic carboxylic acids is 1. The van der Waals surface area contributed by atoms with Crippen molar-refractivity contribution in [1.29, 1.82) is 0 Å². The van der Waals surface area contributed by atoms with Crippen LogP contribution >= 0.6 is 11.8 Å². The van der Waals surface area contributed by atoms with Crippen molar-refractivity contribution in [1.82, 2.24) is 0 Å². The molecule has 0 radical (unpaired) electrons. The molecule has 1 unspecified atom stereocenters. The second-order valence-corrected chi connectivity index (χ2v) is 5.85. The van der Waals surface area contributed by atoms with Gasteiger partial charge < -0.3 is 10.0 Å². The lowest BCUT2D eigenvalue weighted by Crippen LogP contribution is -2.44. The van der Waals surface area contributed by atoms with E-state index in [0.29, 0.717) is 12.1 Å². The molecule has 108 valence electrons. The highest BCUT2D eigenvalue weighted by atomic mass is 32.2. The van der Waals surface area contributed by atoms with E-state index in [1.54, 1.807) is 24.8 Å². The molecule has 1 fully saturated rings. The third kappa shape index (κ3) is 3.04. The molecule has 1 aliphatic rings. The van der Waals surface area contributed by atoms with Crippen molar-refractivity contribution in [2.45, 2.75) is 19.4 Å². The summed E-state index contributed by atoms with van der Waals surface area (Å²) < 4.78 is 0. The normalized spacial score (nSPS) is 18.9. The fourth-order valence-electron chi connectivity index (χ4n) is 2.46. The molecule has 1 aromatic carbocycles. The van der Waals surface area contributed by atoms with Crippen LogP contribution in [-0.4, -0.2) is 40.1 Å². The summed E-state index contributed by atoms with van der Waals surface area (Å²) in [6, 6.07) is 4.84. The van der Waals surface area contributed by atoms with Gasteiger partial charge in [0.15, 0.2) is 0 Å². The van der Waals surface area contributed by atoms with Gasteiger partial charge in [0.2, 0.25) is 0 Å². The van der Waals surface area contributed by atoms with Gasteiger partial charge in [0, 0.05) is 35.8 Å². The van der Waals surface area contributed by atoms with Crippen LogP contribution in [0.3, 0.4) is 0 Å². The van der Waals surface area contributed by atoms with E-state index in [2.05, 4.69) is 0 Å². The number of nitro groups is 1. The number of carboxylic acid groups (broad SMARTS) is 1. The molecule has 1 N–H and O–H groups in total. The second kappa shape index (κ2) is 6.13. The summed E-state index contributed by atoms with van der Waals surface area (Å²) in [5, 5.41) is 20.0. The standard InChI is InChI=1S/C13H16N2O4S/c1-9-11(3-2-4-12(9)15(18)19)14-5-6-20-8-10(14)7-13(16)17/h2-4,10H,5-8H2,1H3,(H,16,17). The SMILES string of the molecule is Cc1c(N2CCSCC2CC(=O)O)cccc1[N+](=O)[O-]. The van der Waals surface area contributed by atoms with Crippen molar-refractivity contribution in [2.75, 3.05) is 23.0 Å². The summed E-state index contributed by atoms with van der Waals surface area (Å²) in [4.78, 5) is 23.6. The molecule has 1 atom stereocenters. The third-order valence-electron chi connectivity index (χ3n) is 3.42. The molecule has 0 aliphatic carbocycles. The van der Waals surface area contributed by atoms with Gasteiger partial charge in [0.1, 0.15) is 0 Å². The van der Waals surface area contributed by atoms with E-state index >= 15 is 0 Å². The first-order valence-corrected chi connectivity index (χ1v) is 7.46. The lowest BCUT2D eigenvalue weighted by Gasteiger charge is -2.37. The Balaban J connectivity index is 2.35. The van der Waals surface area contributed by atoms with Gasteiger partial charge in [-0.3, -0.25) is 14.9 Å². The first-order chi connectivity index (χ1) is 9.50. The van der Waals surface area contributed by atoms with E-state index in [-0.39, 0.29) is 18.2 Å². The molecule has 0 aromatic heterocycles. The van der Waals surface area contributed by atoms with E-state index in [9.17, 15) is 14.9 Å². The van der Waals surface area contributed by atoms with Crippen LogP contribution in [0.25, 0.3) is 0 Å². The van der Waals surface area contributed by atoms with Crippen LogP contribution < -0.4 is 4.90 Å². The Kier molecular flexibility index (Phi) is 4.49. The average Bonchev–Trinajstić information content (AvgIpc) is 2.39. The third-order valence-corrected chi connectivity index (χ3v) is 4.51.